The fourth-order valence-electron chi connectivity index (χ4n) is 5.83. The molecule has 0 saturated heterocycles. The maximum atomic E-state index is 6.21. The van der Waals surface area contributed by atoms with Crippen LogP contribution >= 0.6 is 22.7 Å². The van der Waals surface area contributed by atoms with E-state index in [0.29, 0.717) is 0 Å². The lowest BCUT2D eigenvalue weighted by Gasteiger charge is -2.13. The highest BCUT2D eigenvalue weighted by molar-refractivity contribution is 7.16. The van der Waals surface area contributed by atoms with Gasteiger partial charge in [0.15, 0.2) is 0 Å². The van der Waals surface area contributed by atoms with Gasteiger partial charge in [-0.25, -0.2) is 0 Å². The van der Waals surface area contributed by atoms with Gasteiger partial charge in [0.05, 0.1) is 12.5 Å². The molecule has 0 aliphatic rings. The molecule has 0 fully saturated rings. The molecule has 0 aliphatic heterocycles. The molecule has 1 aromatic carbocycles. The minimum Gasteiger partial charge on any atom is -0.464 e. The summed E-state index contributed by atoms with van der Waals surface area (Å²) in [7, 11) is 0. The Morgan fingerprint density at radius 3 is 1.45 bits per heavy atom. The van der Waals surface area contributed by atoms with Gasteiger partial charge in [0.1, 0.15) is 11.2 Å². The zero-order valence-corrected chi connectivity index (χ0v) is 25.1. The largest absolute Gasteiger partial charge is 0.464 e. The molecule has 2 unspecified atom stereocenters. The third-order valence-corrected chi connectivity index (χ3v) is 10.5. The Morgan fingerprint density at radius 2 is 1.05 bits per heavy atom. The number of unbranched alkanes of at least 4 members (excludes halogenated alkanes) is 2. The van der Waals surface area contributed by atoms with Crippen molar-refractivity contribution in [1.29, 1.82) is 0 Å². The molecule has 4 heteroatoms. The minimum atomic E-state index is 0.767. The maximum Gasteiger partial charge on any atom is 0.144 e. The fourth-order valence-corrected chi connectivity index (χ4v) is 8.19. The fraction of sp³-hybridized carbons (Fsp3) is 0.471. The Kier molecular flexibility index (Phi) is 9.12. The molecule has 0 radical (unpaired) electrons. The van der Waals surface area contributed by atoms with Gasteiger partial charge in [-0.2, -0.15) is 0 Å². The van der Waals surface area contributed by atoms with E-state index in [2.05, 4.69) is 64.1 Å². The van der Waals surface area contributed by atoms with Crippen LogP contribution in [0.1, 0.15) is 88.8 Å². The molecular weight excluding hydrogens is 505 g/mol. The van der Waals surface area contributed by atoms with Crippen LogP contribution in [0, 0.1) is 11.8 Å². The summed E-state index contributed by atoms with van der Waals surface area (Å²) in [6.45, 7) is 9.24. The Morgan fingerprint density at radius 1 is 0.605 bits per heavy atom. The summed E-state index contributed by atoms with van der Waals surface area (Å²) in [5.74, 6) is 1.53. The average molecular weight is 547 g/mol. The van der Waals surface area contributed by atoms with Crippen LogP contribution in [0.25, 0.3) is 42.8 Å². The number of fused-ring (bicyclic) bond motifs is 2. The van der Waals surface area contributed by atoms with Gasteiger partial charge in [-0.05, 0) is 61.1 Å². The van der Waals surface area contributed by atoms with Gasteiger partial charge in [-0.1, -0.05) is 79.1 Å². The molecule has 0 spiro atoms. The Labute approximate surface area is 236 Å². The number of hydrogen-bond donors (Lipinski definition) is 0. The highest BCUT2D eigenvalue weighted by atomic mass is 32.1. The highest BCUT2D eigenvalue weighted by Gasteiger charge is 2.23. The van der Waals surface area contributed by atoms with E-state index in [1.807, 2.05) is 35.2 Å². The standard InChI is InChI=1S/C34H42O2S2/c1-5-9-11-23(7-3)21-25-13-15-29(37-25)31-27-17-19-36-34(27)32(28-18-20-35-33(28)31)30-16-14-26(38-30)22-24(8-4)12-10-6-2/h13-20,23-24H,5-12,21-22H2,1-4H3. The zero-order valence-electron chi connectivity index (χ0n) is 23.5. The predicted octanol–water partition coefficient (Wildman–Crippen LogP) is 12.2. The van der Waals surface area contributed by atoms with Gasteiger partial charge in [0.2, 0.25) is 0 Å². The number of hydrogen-bond acceptors (Lipinski definition) is 4. The zero-order chi connectivity index (χ0) is 26.5. The third-order valence-electron chi connectivity index (χ3n) is 8.21. The molecule has 4 aromatic heterocycles. The first kappa shape index (κ1) is 27.3. The average Bonchev–Trinajstić information content (AvgIpc) is 3.75. The molecule has 38 heavy (non-hydrogen) atoms. The molecule has 0 bridgehead atoms. The molecule has 0 amide bonds. The van der Waals surface area contributed by atoms with Gasteiger partial charge in [0.25, 0.3) is 0 Å². The summed E-state index contributed by atoms with van der Waals surface area (Å²) in [5, 5.41) is 2.30. The van der Waals surface area contributed by atoms with E-state index in [1.54, 1.807) is 0 Å². The Balaban J connectivity index is 1.50. The smallest absolute Gasteiger partial charge is 0.144 e. The van der Waals surface area contributed by atoms with Crippen LogP contribution in [0.4, 0.5) is 0 Å². The first-order valence-corrected chi connectivity index (χ1v) is 16.4. The van der Waals surface area contributed by atoms with E-state index in [1.165, 1.54) is 94.8 Å². The van der Waals surface area contributed by atoms with E-state index in [9.17, 15) is 0 Å². The molecule has 4 heterocycles. The van der Waals surface area contributed by atoms with Gasteiger partial charge >= 0.3 is 0 Å². The third kappa shape index (κ3) is 5.67. The Hall–Kier alpha value is -2.30. The monoisotopic (exact) mass is 546 g/mol. The second-order valence-electron chi connectivity index (χ2n) is 10.8. The molecule has 0 saturated carbocycles. The second kappa shape index (κ2) is 12.7. The van der Waals surface area contributed by atoms with Crippen LogP contribution in [-0.4, -0.2) is 0 Å². The van der Waals surface area contributed by atoms with Crippen LogP contribution < -0.4 is 0 Å². The first-order chi connectivity index (χ1) is 18.7. The molecule has 202 valence electrons. The molecule has 5 rings (SSSR count). The minimum absolute atomic E-state index is 0.767. The first-order valence-electron chi connectivity index (χ1n) is 14.7. The van der Waals surface area contributed by atoms with Crippen molar-refractivity contribution in [3.05, 3.63) is 58.7 Å². The van der Waals surface area contributed by atoms with Gasteiger partial charge < -0.3 is 8.83 Å². The van der Waals surface area contributed by atoms with E-state index >= 15 is 0 Å². The number of rotatable bonds is 14. The van der Waals surface area contributed by atoms with Crippen LogP contribution in [0.5, 0.6) is 0 Å². The molecule has 2 atom stereocenters. The van der Waals surface area contributed by atoms with Crippen LogP contribution in [0.2, 0.25) is 0 Å². The van der Waals surface area contributed by atoms with Crippen LogP contribution in [0.3, 0.4) is 0 Å². The summed E-state index contributed by atoms with van der Waals surface area (Å²) in [6, 6.07) is 13.5. The summed E-state index contributed by atoms with van der Waals surface area (Å²) >= 11 is 3.84. The van der Waals surface area contributed by atoms with Gasteiger partial charge in [-0.3, -0.25) is 0 Å². The number of furan rings is 2. The summed E-state index contributed by atoms with van der Waals surface area (Å²) in [6.07, 6.45) is 16.4. The number of benzene rings is 1. The lowest BCUT2D eigenvalue weighted by molar-refractivity contribution is 0.452. The van der Waals surface area contributed by atoms with Gasteiger partial charge in [0, 0.05) is 41.4 Å². The quantitative estimate of drug-likeness (QED) is 0.138. The van der Waals surface area contributed by atoms with E-state index in [4.69, 9.17) is 8.83 Å². The summed E-state index contributed by atoms with van der Waals surface area (Å²) < 4.78 is 12.4. The van der Waals surface area contributed by atoms with Crippen molar-refractivity contribution in [2.24, 2.45) is 11.8 Å². The van der Waals surface area contributed by atoms with Crippen molar-refractivity contribution in [1.82, 2.24) is 0 Å². The maximum absolute atomic E-state index is 6.21. The van der Waals surface area contributed by atoms with Gasteiger partial charge in [-0.15, -0.1) is 22.7 Å². The van der Waals surface area contributed by atoms with Crippen molar-refractivity contribution in [3.8, 4) is 20.9 Å². The predicted molar refractivity (Wildman–Crippen MR) is 167 cm³/mol. The normalized spacial score (nSPS) is 13.6. The summed E-state index contributed by atoms with van der Waals surface area (Å²) in [5.41, 5.74) is 4.31. The lowest BCUT2D eigenvalue weighted by atomic mass is 9.95. The van der Waals surface area contributed by atoms with Crippen molar-refractivity contribution in [2.75, 3.05) is 0 Å². The highest BCUT2D eigenvalue weighted by Crippen LogP contribution is 2.47. The van der Waals surface area contributed by atoms with Crippen LogP contribution in [-0.2, 0) is 12.8 Å². The molecule has 0 aliphatic carbocycles. The van der Waals surface area contributed by atoms with Crippen molar-refractivity contribution >= 4 is 44.6 Å². The van der Waals surface area contributed by atoms with Crippen molar-refractivity contribution in [3.63, 3.8) is 0 Å². The SMILES string of the molecule is CCCCC(CC)Cc1ccc(-c2c3ccoc3c(-c3ccc(CC(CC)CCCC)s3)c3ccoc23)s1. The van der Waals surface area contributed by atoms with E-state index in [-0.39, 0.29) is 0 Å². The van der Waals surface area contributed by atoms with Crippen LogP contribution in [0.15, 0.2) is 57.8 Å². The lowest BCUT2D eigenvalue weighted by Crippen LogP contribution is -2.01. The number of thiophene rings is 2. The van der Waals surface area contributed by atoms with E-state index < -0.39 is 0 Å². The molecule has 5 aromatic rings. The molecular formula is C34H42O2S2. The van der Waals surface area contributed by atoms with Crippen molar-refractivity contribution < 1.29 is 8.83 Å². The topological polar surface area (TPSA) is 26.3 Å². The molecule has 0 N–H and O–H groups in total. The van der Waals surface area contributed by atoms with E-state index in [0.717, 1.165) is 33.8 Å². The second-order valence-corrected chi connectivity index (χ2v) is 13.2. The molecule has 2 nitrogen and oxygen atoms in total. The summed E-state index contributed by atoms with van der Waals surface area (Å²) in [4.78, 5) is 5.49. The Bertz CT molecular complexity index is 1290. The van der Waals surface area contributed by atoms with Crippen molar-refractivity contribution in [2.45, 2.75) is 91.9 Å².